The highest BCUT2D eigenvalue weighted by Crippen LogP contribution is 2.55. The minimum Gasteiger partial charge on any atom is -0.507 e. The van der Waals surface area contributed by atoms with Gasteiger partial charge in [0.2, 0.25) is 0 Å². The van der Waals surface area contributed by atoms with Gasteiger partial charge in [-0.3, -0.25) is 29.0 Å². The SMILES string of the molecule is CC[C@H]1OC(=O)[C@H](C)[C@@H](O[C@H]2C[C@@](C)(OC)[C@@H](OC(=O)NCCN=Cc3c4c(O)c5c(O)c(C)c6c(c5c3O)C(=O)[C@@](C)(OC=C[C@H](OC)[C@@H](C)[C@@H](OC(C)=O)[C@H](C)[C@H](O)[C@H](C)[C@@H](O)[C@@H](C)C=CC=C(C)C(=O)N4)O6)[C@H](C)O2)[C@H](C)[C@@H](O[C@@H]2O[C@H](C)C[C@H](N(C)C)[C@H]2O)[C@](C)(OC)C[C@@H](C)C(=O)[C@H](C)[C@@H](O)[C@]1(C)O. The quantitative estimate of drug-likeness (QED) is 0.0208. The number of cyclic esters (lactones) is 1. The van der Waals surface area contributed by atoms with Gasteiger partial charge in [0.05, 0.1) is 95.4 Å². The van der Waals surface area contributed by atoms with Crippen LogP contribution in [0.15, 0.2) is 41.1 Å². The molecule has 0 aliphatic carbocycles. The largest absolute Gasteiger partial charge is 0.507 e. The Bertz CT molecular complexity index is 3710. The number of hydrogen-bond donors (Lipinski definition) is 10. The second kappa shape index (κ2) is 36.3. The number of hydrogen-bond acceptors (Lipinski definition) is 28. The number of likely N-dealkylation sites (N-methyl/N-ethyl adjacent to an activating group) is 1. The van der Waals surface area contributed by atoms with Crippen molar-refractivity contribution in [1.82, 2.24) is 10.2 Å². The summed E-state index contributed by atoms with van der Waals surface area (Å²) in [5.74, 6) is -15.1. The number of methoxy groups -OCH3 is 3. The monoisotopic (exact) mass is 1540 g/mol. The van der Waals surface area contributed by atoms with Crippen molar-refractivity contribution >= 4 is 58.2 Å². The summed E-state index contributed by atoms with van der Waals surface area (Å²) in [5.41, 5.74) is -6.04. The Balaban J connectivity index is 1.19. The highest BCUT2D eigenvalue weighted by molar-refractivity contribution is 6.24. The van der Waals surface area contributed by atoms with Gasteiger partial charge < -0.3 is 113 Å². The van der Waals surface area contributed by atoms with Crippen molar-refractivity contribution in [3.05, 3.63) is 52.8 Å². The van der Waals surface area contributed by atoms with Crippen LogP contribution in [-0.4, -0.2) is 250 Å². The summed E-state index contributed by atoms with van der Waals surface area (Å²) in [6, 6.07) is -0.402. The summed E-state index contributed by atoms with van der Waals surface area (Å²) >= 11 is 0. The molecule has 6 aliphatic heterocycles. The van der Waals surface area contributed by atoms with Crippen molar-refractivity contribution in [2.45, 2.75) is 265 Å². The third-order valence-corrected chi connectivity index (χ3v) is 23.2. The van der Waals surface area contributed by atoms with Crippen LogP contribution < -0.4 is 15.4 Å². The number of fused-ring (bicyclic) bond motifs is 14. The lowest BCUT2D eigenvalue weighted by Crippen LogP contribution is -2.62. The number of nitrogens with zero attached hydrogens (tertiary/aromatic N) is 2. The van der Waals surface area contributed by atoms with Gasteiger partial charge in [0.25, 0.3) is 11.7 Å². The van der Waals surface area contributed by atoms with E-state index < -0.39 is 225 Å². The van der Waals surface area contributed by atoms with Crippen molar-refractivity contribution < 1.29 is 126 Å². The molecule has 0 spiro atoms. The molecule has 30 nitrogen and oxygen atoms in total. The summed E-state index contributed by atoms with van der Waals surface area (Å²) in [6.45, 7) is 28.1. The Morgan fingerprint density at radius 2 is 1.40 bits per heavy atom. The molecule has 5 bridgehead atoms. The molecule has 2 aromatic carbocycles. The van der Waals surface area contributed by atoms with Gasteiger partial charge in [-0.25, -0.2) is 4.79 Å². The summed E-state index contributed by atoms with van der Waals surface area (Å²) in [4.78, 5) is 91.2. The number of ketones is 2. The number of anilines is 1. The number of aliphatic hydroxyl groups is 5. The van der Waals surface area contributed by atoms with Crippen LogP contribution in [-0.2, 0) is 71.3 Å². The van der Waals surface area contributed by atoms with Crippen LogP contribution in [0.1, 0.15) is 165 Å². The van der Waals surface area contributed by atoms with Gasteiger partial charge in [-0.1, -0.05) is 73.6 Å². The third-order valence-electron chi connectivity index (χ3n) is 23.2. The van der Waals surface area contributed by atoms with E-state index in [-0.39, 0.29) is 66.5 Å². The third kappa shape index (κ3) is 18.9. The molecule has 2 amide bonds. The number of nitrogens with one attached hydrogen (secondary N) is 2. The first-order valence-corrected chi connectivity index (χ1v) is 37.6. The minimum atomic E-state index is -2.20. The zero-order valence-electron chi connectivity index (χ0n) is 67.3. The first-order chi connectivity index (χ1) is 50.8. The summed E-state index contributed by atoms with van der Waals surface area (Å²) < 4.78 is 75.4. The molecule has 612 valence electrons. The number of amides is 2. The van der Waals surface area contributed by atoms with E-state index in [0.717, 1.165) is 12.5 Å². The number of aromatic hydroxyl groups is 3. The number of alkyl carbamates (subject to hydrolysis) is 1. The standard InChI is InChI=1S/C79H120N4O26/c1-24-52-78(17,97)68(92)44(10)59(86)38(4)33-76(15,99-22)70(107-74-63(90)50(83(19)20)32-39(5)102-74)45(11)66(46(12)73(95)105-52)106-53-34-77(16,100-23)71(47(13)103-53)108-75(96)81-30-29-80-35-49-57-64(91)55-54(62(49)89)56-67(43(9)61(55)88)109-79(18,69(56)93)101-31-28-51(98-21)40(6)65(104-48(14)84)42(8)60(87)41(7)58(85)36(2)26-25-27-37(3)72(94)82-57/h25-28,31,35-36,38-42,44-47,50-53,58,60,63,65-66,68,70-71,74,85,87-92,97H,24,29-30,32-34H2,1-23H3,(H,81,96)(H,82,94)/t36-,38+,39+,40+,41+,42+,44-,45-,46+,47-,50-,51-,52+,53-,58-,60+,63+,65+,66-,68+,70+,71-,74-,76+,77+,78+,79-/m0/s1. The van der Waals surface area contributed by atoms with Gasteiger partial charge in [0.1, 0.15) is 52.5 Å². The van der Waals surface area contributed by atoms with Crippen LogP contribution in [0.2, 0.25) is 0 Å². The smallest absolute Gasteiger partial charge is 0.407 e. The van der Waals surface area contributed by atoms with Crippen molar-refractivity contribution in [2.75, 3.05) is 53.8 Å². The zero-order chi connectivity index (χ0) is 81.8. The number of aliphatic imine (C=N–C) groups is 1. The molecule has 0 saturated carbocycles. The Morgan fingerprint density at radius 3 is 2.01 bits per heavy atom. The van der Waals surface area contributed by atoms with E-state index in [0.29, 0.717) is 6.42 Å². The average Bonchev–Trinajstić information content (AvgIpc) is 1.62. The summed E-state index contributed by atoms with van der Waals surface area (Å²) in [5, 5.41) is 100. The number of phenols is 3. The van der Waals surface area contributed by atoms with Crippen LogP contribution in [0.25, 0.3) is 10.8 Å². The molecule has 0 unspecified atom stereocenters. The number of carbonyl (C=O) groups is 6. The van der Waals surface area contributed by atoms with Gasteiger partial charge in [0, 0.05) is 118 Å². The molecule has 30 heteroatoms. The Labute approximate surface area is 639 Å². The van der Waals surface area contributed by atoms with Gasteiger partial charge in [0.15, 0.2) is 24.4 Å². The lowest BCUT2D eigenvalue weighted by Gasteiger charge is -2.50. The average molecular weight is 1540 g/mol. The second-order valence-corrected chi connectivity index (χ2v) is 31.6. The first kappa shape index (κ1) is 89.3. The van der Waals surface area contributed by atoms with Crippen molar-refractivity contribution in [3.63, 3.8) is 0 Å². The van der Waals surface area contributed by atoms with E-state index in [1.807, 2.05) is 25.9 Å². The maximum Gasteiger partial charge on any atom is 0.407 e. The second-order valence-electron chi connectivity index (χ2n) is 31.6. The van der Waals surface area contributed by atoms with Crippen LogP contribution in [0.3, 0.4) is 0 Å². The number of allylic oxidation sites excluding steroid dienone is 2. The highest BCUT2D eigenvalue weighted by atomic mass is 16.7. The number of esters is 2. The summed E-state index contributed by atoms with van der Waals surface area (Å²) in [6.07, 6.45) is -8.12. The molecule has 0 aromatic heterocycles. The lowest BCUT2D eigenvalue weighted by atomic mass is 9.74. The van der Waals surface area contributed by atoms with Gasteiger partial charge in [-0.05, 0) is 94.8 Å². The van der Waals surface area contributed by atoms with E-state index in [9.17, 15) is 69.6 Å². The minimum absolute atomic E-state index is 0.0115. The fraction of sp³-hybridized carbons (Fsp3) is 0.709. The molecule has 109 heavy (non-hydrogen) atoms. The predicted octanol–water partition coefficient (Wildman–Crippen LogP) is 7.36. The van der Waals surface area contributed by atoms with Crippen LogP contribution in [0.5, 0.6) is 23.0 Å². The molecule has 10 N–H and O–H groups in total. The maximum atomic E-state index is 14.9. The first-order valence-electron chi connectivity index (χ1n) is 37.6. The Kier molecular flexibility index (Phi) is 29.7. The van der Waals surface area contributed by atoms with E-state index >= 15 is 0 Å². The number of carbonyl (C=O) groups excluding carboxylic acids is 6. The molecule has 2 aromatic rings. The van der Waals surface area contributed by atoms with E-state index in [2.05, 4.69) is 15.6 Å². The van der Waals surface area contributed by atoms with Crippen molar-refractivity contribution in [2.24, 2.45) is 52.3 Å². The topological polar surface area (TPSA) is 415 Å². The van der Waals surface area contributed by atoms with Crippen LogP contribution in [0, 0.1) is 54.3 Å². The van der Waals surface area contributed by atoms with Gasteiger partial charge >= 0.3 is 23.8 Å². The van der Waals surface area contributed by atoms with E-state index in [1.54, 1.807) is 82.2 Å². The Morgan fingerprint density at radius 1 is 0.761 bits per heavy atom. The fourth-order valence-corrected chi connectivity index (χ4v) is 16.2. The number of ether oxygens (including phenoxy) is 12. The fourth-order valence-electron chi connectivity index (χ4n) is 16.2. The van der Waals surface area contributed by atoms with Crippen molar-refractivity contribution in [3.8, 4) is 23.0 Å². The molecule has 27 atom stereocenters. The molecule has 3 fully saturated rings. The molecule has 6 heterocycles. The number of Topliss-reactive ketones (excluding diaryl/α,β-unsaturated/α-hetero) is 2. The number of benzene rings is 2. The molecule has 6 aliphatic rings. The number of aliphatic hydroxyl groups excluding tert-OH is 4. The molecule has 3 saturated heterocycles. The van der Waals surface area contributed by atoms with Crippen molar-refractivity contribution in [1.29, 1.82) is 0 Å². The Hall–Kier alpha value is -6.91. The lowest BCUT2D eigenvalue weighted by molar-refractivity contribution is -0.319. The molecular formula is C79H120N4O26. The van der Waals surface area contributed by atoms with Crippen LogP contribution >= 0.6 is 0 Å². The summed E-state index contributed by atoms with van der Waals surface area (Å²) in [7, 11) is 7.92. The van der Waals surface area contributed by atoms with Crippen LogP contribution in [0.4, 0.5) is 10.5 Å². The number of phenolic OH excluding ortho intramolecular Hbond substituents is 3. The van der Waals surface area contributed by atoms with E-state index in [1.165, 1.54) is 81.1 Å². The molecule has 0 radical (unpaired) electrons. The normalized spacial score (nSPS) is 38.5. The van der Waals surface area contributed by atoms with E-state index in [4.69, 9.17) is 56.8 Å². The van der Waals surface area contributed by atoms with Gasteiger partial charge in [-0.15, -0.1) is 0 Å². The maximum absolute atomic E-state index is 14.9. The molecule has 8 rings (SSSR count). The highest BCUT2D eigenvalue weighted by Gasteiger charge is 2.56. The van der Waals surface area contributed by atoms with Gasteiger partial charge in [-0.2, -0.15) is 0 Å². The predicted molar refractivity (Wildman–Crippen MR) is 400 cm³/mol. The number of rotatable bonds is 15. The zero-order valence-corrected chi connectivity index (χ0v) is 67.3. The molecular weight excluding hydrogens is 1420 g/mol.